The van der Waals surface area contributed by atoms with Crippen LogP contribution >= 0.6 is 0 Å². The Morgan fingerprint density at radius 2 is 1.90 bits per heavy atom. The number of ether oxygens (including phenoxy) is 3. The van der Waals surface area contributed by atoms with Crippen LogP contribution in [0.4, 0.5) is 0 Å². The second kappa shape index (κ2) is 6.24. The van der Waals surface area contributed by atoms with Gasteiger partial charge >= 0.3 is 0 Å². The minimum absolute atomic E-state index is 0.155. The van der Waals surface area contributed by atoms with Crippen molar-refractivity contribution in [3.63, 3.8) is 0 Å². The summed E-state index contributed by atoms with van der Waals surface area (Å²) in [5, 5.41) is 3.70. The molecule has 1 aromatic carbocycles. The van der Waals surface area contributed by atoms with Gasteiger partial charge in [0.1, 0.15) is 11.5 Å². The summed E-state index contributed by atoms with van der Waals surface area (Å²) in [6.07, 6.45) is 1.38. The van der Waals surface area contributed by atoms with Gasteiger partial charge in [0.2, 0.25) is 0 Å². The van der Waals surface area contributed by atoms with E-state index < -0.39 is 0 Å². The molecule has 4 nitrogen and oxygen atoms in total. The van der Waals surface area contributed by atoms with Gasteiger partial charge in [-0.25, -0.2) is 0 Å². The summed E-state index contributed by atoms with van der Waals surface area (Å²) in [5.41, 5.74) is 1.30. The largest absolute Gasteiger partial charge is 0.497 e. The maximum Gasteiger partial charge on any atom is 0.127 e. The van der Waals surface area contributed by atoms with E-state index in [9.17, 15) is 0 Å². The van der Waals surface area contributed by atoms with Gasteiger partial charge in [0, 0.05) is 36.2 Å². The fraction of sp³-hybridized carbons (Fsp3) is 0.647. The van der Waals surface area contributed by atoms with Crippen LogP contribution in [0.2, 0.25) is 0 Å². The fourth-order valence-electron chi connectivity index (χ4n) is 3.14. The van der Waals surface area contributed by atoms with Crippen molar-refractivity contribution in [1.29, 1.82) is 0 Å². The highest BCUT2D eigenvalue weighted by molar-refractivity contribution is 5.42. The van der Waals surface area contributed by atoms with Crippen LogP contribution in [0.5, 0.6) is 11.5 Å². The first-order valence-electron chi connectivity index (χ1n) is 7.44. The van der Waals surface area contributed by atoms with Crippen molar-refractivity contribution >= 4 is 0 Å². The van der Waals surface area contributed by atoms with Crippen molar-refractivity contribution < 1.29 is 14.2 Å². The van der Waals surface area contributed by atoms with E-state index in [0.29, 0.717) is 12.1 Å². The molecule has 3 unspecified atom stereocenters. The highest BCUT2D eigenvalue weighted by Gasteiger charge is 2.48. The van der Waals surface area contributed by atoms with E-state index >= 15 is 0 Å². The monoisotopic (exact) mass is 293 g/mol. The number of nitrogens with one attached hydrogen (secondary N) is 1. The van der Waals surface area contributed by atoms with Gasteiger partial charge in [-0.2, -0.15) is 0 Å². The van der Waals surface area contributed by atoms with Crippen LogP contribution in [0.15, 0.2) is 18.2 Å². The first-order chi connectivity index (χ1) is 9.93. The van der Waals surface area contributed by atoms with Crippen LogP contribution in [0.1, 0.15) is 38.8 Å². The van der Waals surface area contributed by atoms with Crippen molar-refractivity contribution in [3.05, 3.63) is 23.8 Å². The SMILES string of the molecule is COc1ccc(C(C)NC2CC(OC)C2(C)C)c(OC)c1. The van der Waals surface area contributed by atoms with Crippen molar-refractivity contribution in [3.8, 4) is 11.5 Å². The lowest BCUT2D eigenvalue weighted by atomic mass is 9.64. The van der Waals surface area contributed by atoms with Crippen molar-refractivity contribution in [2.45, 2.75) is 45.4 Å². The van der Waals surface area contributed by atoms with E-state index in [1.807, 2.05) is 12.1 Å². The topological polar surface area (TPSA) is 39.7 Å². The van der Waals surface area contributed by atoms with Crippen molar-refractivity contribution in [1.82, 2.24) is 5.32 Å². The van der Waals surface area contributed by atoms with E-state index in [1.165, 1.54) is 0 Å². The van der Waals surface area contributed by atoms with Gasteiger partial charge in [0.15, 0.2) is 0 Å². The van der Waals surface area contributed by atoms with E-state index in [2.05, 4.69) is 32.2 Å². The van der Waals surface area contributed by atoms with Gasteiger partial charge < -0.3 is 19.5 Å². The molecule has 3 atom stereocenters. The minimum atomic E-state index is 0.155. The molecule has 1 saturated carbocycles. The van der Waals surface area contributed by atoms with Gasteiger partial charge in [0.25, 0.3) is 0 Å². The molecule has 0 saturated heterocycles. The zero-order valence-corrected chi connectivity index (χ0v) is 13.9. The summed E-state index contributed by atoms with van der Waals surface area (Å²) < 4.78 is 16.3. The summed E-state index contributed by atoms with van der Waals surface area (Å²) in [7, 11) is 5.15. The number of rotatable bonds is 6. The first-order valence-corrected chi connectivity index (χ1v) is 7.44. The number of hydrogen-bond donors (Lipinski definition) is 1. The molecular formula is C17H27NO3. The lowest BCUT2D eigenvalue weighted by Gasteiger charge is -2.52. The average molecular weight is 293 g/mol. The van der Waals surface area contributed by atoms with Gasteiger partial charge in [-0.3, -0.25) is 0 Å². The molecule has 2 rings (SSSR count). The third-order valence-corrected chi connectivity index (χ3v) is 4.82. The smallest absolute Gasteiger partial charge is 0.127 e. The Bertz CT molecular complexity index is 487. The third kappa shape index (κ3) is 3.01. The van der Waals surface area contributed by atoms with Crippen LogP contribution in [0.3, 0.4) is 0 Å². The molecule has 0 spiro atoms. The van der Waals surface area contributed by atoms with Gasteiger partial charge in [-0.05, 0) is 19.4 Å². The van der Waals surface area contributed by atoms with E-state index in [-0.39, 0.29) is 11.5 Å². The van der Waals surface area contributed by atoms with E-state index in [4.69, 9.17) is 14.2 Å². The van der Waals surface area contributed by atoms with Gasteiger partial charge in [-0.15, -0.1) is 0 Å². The summed E-state index contributed by atoms with van der Waals surface area (Å²) in [6.45, 7) is 6.67. The quantitative estimate of drug-likeness (QED) is 0.874. The zero-order valence-electron chi connectivity index (χ0n) is 13.9. The first kappa shape index (κ1) is 16.1. The minimum Gasteiger partial charge on any atom is -0.497 e. The number of methoxy groups -OCH3 is 3. The highest BCUT2D eigenvalue weighted by Crippen LogP contribution is 2.43. The standard InChI is InChI=1S/C17H27NO3/c1-11(18-15-10-16(21-6)17(15,2)3)13-8-7-12(19-4)9-14(13)20-5/h7-9,11,15-16,18H,10H2,1-6H3. The molecule has 0 amide bonds. The molecule has 1 N–H and O–H groups in total. The predicted molar refractivity (Wildman–Crippen MR) is 84.1 cm³/mol. The van der Waals surface area contributed by atoms with Crippen LogP contribution in [0, 0.1) is 5.41 Å². The van der Waals surface area contributed by atoms with Crippen LogP contribution in [-0.4, -0.2) is 33.5 Å². The molecule has 1 aromatic rings. The van der Waals surface area contributed by atoms with Crippen molar-refractivity contribution in [2.24, 2.45) is 5.41 Å². The van der Waals surface area contributed by atoms with Crippen molar-refractivity contribution in [2.75, 3.05) is 21.3 Å². The lowest BCUT2D eigenvalue weighted by Crippen LogP contribution is -2.60. The van der Waals surface area contributed by atoms with E-state index in [0.717, 1.165) is 23.5 Å². The molecule has 1 fully saturated rings. The maximum absolute atomic E-state index is 5.51. The average Bonchev–Trinajstić information content (AvgIpc) is 2.49. The van der Waals surface area contributed by atoms with Gasteiger partial charge in [0.05, 0.1) is 20.3 Å². The zero-order chi connectivity index (χ0) is 15.6. The summed E-state index contributed by atoms with van der Waals surface area (Å²) in [5.74, 6) is 1.67. The van der Waals surface area contributed by atoms with Crippen LogP contribution in [0.25, 0.3) is 0 Å². The molecule has 0 aromatic heterocycles. The Labute approximate surface area is 127 Å². The number of hydrogen-bond acceptors (Lipinski definition) is 4. The molecule has 1 aliphatic carbocycles. The normalized spacial score (nSPS) is 25.0. The lowest BCUT2D eigenvalue weighted by molar-refractivity contribution is -0.0999. The Balaban J connectivity index is 2.09. The van der Waals surface area contributed by atoms with Gasteiger partial charge in [-0.1, -0.05) is 19.9 Å². The summed E-state index contributed by atoms with van der Waals surface area (Å²) in [6, 6.07) is 6.63. The summed E-state index contributed by atoms with van der Waals surface area (Å²) in [4.78, 5) is 0. The molecule has 0 aliphatic heterocycles. The molecule has 0 heterocycles. The Hall–Kier alpha value is -1.26. The highest BCUT2D eigenvalue weighted by atomic mass is 16.5. The maximum atomic E-state index is 5.51. The van der Waals surface area contributed by atoms with E-state index in [1.54, 1.807) is 21.3 Å². The molecule has 0 radical (unpaired) electrons. The number of benzene rings is 1. The molecule has 118 valence electrons. The second-order valence-corrected chi connectivity index (χ2v) is 6.33. The Morgan fingerprint density at radius 1 is 1.19 bits per heavy atom. The molecule has 4 heteroatoms. The van der Waals surface area contributed by atoms with Crippen LogP contribution in [-0.2, 0) is 4.74 Å². The molecule has 1 aliphatic rings. The molecule has 0 bridgehead atoms. The third-order valence-electron chi connectivity index (χ3n) is 4.82. The fourth-order valence-corrected chi connectivity index (χ4v) is 3.14. The second-order valence-electron chi connectivity index (χ2n) is 6.33. The van der Waals surface area contributed by atoms with Crippen LogP contribution < -0.4 is 14.8 Å². The Kier molecular flexibility index (Phi) is 4.79. The molecular weight excluding hydrogens is 266 g/mol. The molecule has 21 heavy (non-hydrogen) atoms. The summed E-state index contributed by atoms with van der Waals surface area (Å²) >= 11 is 0. The Morgan fingerprint density at radius 3 is 2.43 bits per heavy atom. The predicted octanol–water partition coefficient (Wildman–Crippen LogP) is 3.17.